The zero-order valence-electron chi connectivity index (χ0n) is 15.0. The number of hydrazine groups is 1. The van der Waals surface area contributed by atoms with E-state index in [0.29, 0.717) is 6.42 Å². The first kappa shape index (κ1) is 19.5. The molecule has 0 spiro atoms. The van der Waals surface area contributed by atoms with E-state index in [1.807, 2.05) is 30.3 Å². The lowest BCUT2D eigenvalue weighted by molar-refractivity contribution is -0.706. The van der Waals surface area contributed by atoms with E-state index in [1.165, 1.54) is 12.1 Å². The van der Waals surface area contributed by atoms with Crippen LogP contribution in [-0.2, 0) is 5.72 Å². The third-order valence-electron chi connectivity index (χ3n) is 5.33. The Kier molecular flexibility index (Phi) is 5.62. The van der Waals surface area contributed by atoms with Crippen LogP contribution in [0.1, 0.15) is 36.8 Å². The fraction of sp³-hybridized carbons (Fsp3) is 0.350. The lowest BCUT2D eigenvalue weighted by Crippen LogP contribution is -2.46. The second-order valence-corrected chi connectivity index (χ2v) is 6.92. The topological polar surface area (TPSA) is 69.6 Å². The summed E-state index contributed by atoms with van der Waals surface area (Å²) in [7, 11) is 0. The summed E-state index contributed by atoms with van der Waals surface area (Å²) in [4.78, 5) is 10.5. The van der Waals surface area contributed by atoms with Crippen LogP contribution in [0.3, 0.4) is 0 Å². The Morgan fingerprint density at radius 1 is 1.04 bits per heavy atom. The number of nitrogens with zero attached hydrogens (tertiary/aromatic N) is 3. The maximum Gasteiger partial charge on any atom is 0.269 e. The molecule has 0 saturated carbocycles. The molecule has 0 aliphatic carbocycles. The SMILES string of the molecule is Br.O=[N+]([O-])c1ccc(C2=[N+]3CCCCCN3C(O)(c3ccccc3)C2)cc1. The van der Waals surface area contributed by atoms with Crippen LogP contribution in [0, 0.1) is 10.1 Å². The van der Waals surface area contributed by atoms with Gasteiger partial charge in [-0.1, -0.05) is 30.3 Å². The number of hydrazone groups is 1. The van der Waals surface area contributed by atoms with E-state index in [-0.39, 0.29) is 27.6 Å². The Morgan fingerprint density at radius 3 is 2.41 bits per heavy atom. The van der Waals surface area contributed by atoms with Gasteiger partial charge in [0.25, 0.3) is 5.69 Å². The summed E-state index contributed by atoms with van der Waals surface area (Å²) >= 11 is 0. The van der Waals surface area contributed by atoms with Gasteiger partial charge in [-0.15, -0.1) is 26.7 Å². The van der Waals surface area contributed by atoms with E-state index in [4.69, 9.17) is 0 Å². The molecule has 0 aromatic heterocycles. The summed E-state index contributed by atoms with van der Waals surface area (Å²) in [5, 5.41) is 24.6. The van der Waals surface area contributed by atoms with Crippen LogP contribution in [0.5, 0.6) is 0 Å². The highest BCUT2D eigenvalue weighted by molar-refractivity contribution is 8.93. The van der Waals surface area contributed by atoms with Gasteiger partial charge in [0.2, 0.25) is 11.4 Å². The van der Waals surface area contributed by atoms with Crippen molar-refractivity contribution in [3.05, 3.63) is 75.8 Å². The number of nitro benzene ring substituents is 1. The monoisotopic (exact) mass is 432 g/mol. The van der Waals surface area contributed by atoms with Crippen LogP contribution in [0.25, 0.3) is 0 Å². The standard InChI is InChI=1S/C20H22N3O3.BrH/c24-20(17-7-3-1-4-8-17)15-19(21-13-5-2-6-14-22(20)21)16-9-11-18(12-10-16)23(25)26;/h1,3-4,7-12,24H,2,5-6,13-15H2;1H/q+1;. The van der Waals surface area contributed by atoms with Crippen molar-refractivity contribution < 1.29 is 14.7 Å². The molecule has 0 radical (unpaired) electrons. The van der Waals surface area contributed by atoms with Crippen LogP contribution in [-0.4, -0.2) is 38.5 Å². The largest absolute Gasteiger partial charge is 0.362 e. The van der Waals surface area contributed by atoms with Gasteiger partial charge in [0.1, 0.15) is 0 Å². The number of fused-ring (bicyclic) bond motifs is 1. The van der Waals surface area contributed by atoms with Crippen LogP contribution < -0.4 is 0 Å². The van der Waals surface area contributed by atoms with E-state index in [2.05, 4.69) is 9.69 Å². The van der Waals surface area contributed by atoms with Crippen molar-refractivity contribution in [1.82, 2.24) is 5.01 Å². The maximum atomic E-state index is 11.6. The molecule has 1 atom stereocenters. The minimum absolute atomic E-state index is 0. The molecule has 1 fully saturated rings. The van der Waals surface area contributed by atoms with Crippen molar-refractivity contribution in [2.45, 2.75) is 31.4 Å². The molecule has 1 saturated heterocycles. The summed E-state index contributed by atoms with van der Waals surface area (Å²) in [6.45, 7) is 1.64. The summed E-state index contributed by atoms with van der Waals surface area (Å²) < 4.78 is 2.18. The number of hydrogen-bond acceptors (Lipinski definition) is 4. The van der Waals surface area contributed by atoms with Crippen molar-refractivity contribution in [1.29, 1.82) is 0 Å². The molecule has 6 nitrogen and oxygen atoms in total. The number of nitro groups is 1. The summed E-state index contributed by atoms with van der Waals surface area (Å²) in [5.74, 6) is 0. The molecule has 4 rings (SSSR count). The number of benzene rings is 2. The summed E-state index contributed by atoms with van der Waals surface area (Å²) in [6, 6.07) is 16.4. The lowest BCUT2D eigenvalue weighted by atomic mass is 9.94. The Hall–Kier alpha value is -2.25. The van der Waals surface area contributed by atoms with Crippen molar-refractivity contribution in [2.24, 2.45) is 0 Å². The molecule has 0 bridgehead atoms. The van der Waals surface area contributed by atoms with E-state index >= 15 is 0 Å². The number of halogens is 1. The zero-order chi connectivity index (χ0) is 18.1. The molecule has 1 unspecified atom stereocenters. The van der Waals surface area contributed by atoms with Gasteiger partial charge in [0, 0.05) is 29.7 Å². The van der Waals surface area contributed by atoms with Gasteiger partial charge >= 0.3 is 0 Å². The zero-order valence-corrected chi connectivity index (χ0v) is 16.7. The number of aliphatic hydroxyl groups is 1. The molecule has 27 heavy (non-hydrogen) atoms. The van der Waals surface area contributed by atoms with Crippen LogP contribution in [0.4, 0.5) is 5.69 Å². The molecular formula is C20H23BrN3O3+. The van der Waals surface area contributed by atoms with Crippen LogP contribution in [0.2, 0.25) is 0 Å². The predicted octanol–water partition coefficient (Wildman–Crippen LogP) is 3.62. The highest BCUT2D eigenvalue weighted by Crippen LogP contribution is 2.38. The molecule has 2 heterocycles. The predicted molar refractivity (Wildman–Crippen MR) is 108 cm³/mol. The minimum Gasteiger partial charge on any atom is -0.362 e. The first-order chi connectivity index (χ1) is 12.6. The second-order valence-electron chi connectivity index (χ2n) is 6.92. The minimum atomic E-state index is -1.08. The van der Waals surface area contributed by atoms with Gasteiger partial charge in [-0.25, -0.2) is 0 Å². The Balaban J connectivity index is 0.00000210. The maximum absolute atomic E-state index is 11.6. The van der Waals surface area contributed by atoms with Crippen molar-refractivity contribution >= 4 is 28.4 Å². The molecular weight excluding hydrogens is 410 g/mol. The first-order valence-electron chi connectivity index (χ1n) is 9.03. The number of hydrogen-bond donors (Lipinski definition) is 1. The Morgan fingerprint density at radius 2 is 1.74 bits per heavy atom. The molecule has 2 aromatic rings. The summed E-state index contributed by atoms with van der Waals surface area (Å²) in [6.07, 6.45) is 3.71. The highest BCUT2D eigenvalue weighted by atomic mass is 79.9. The average molecular weight is 433 g/mol. The van der Waals surface area contributed by atoms with Gasteiger partial charge in [-0.2, -0.15) is 0 Å². The normalized spacial score (nSPS) is 22.0. The number of non-ortho nitro benzene ring substituents is 1. The average Bonchev–Trinajstić information content (AvgIpc) is 2.82. The van der Waals surface area contributed by atoms with Crippen LogP contribution >= 0.6 is 17.0 Å². The molecule has 0 amide bonds. The van der Waals surface area contributed by atoms with E-state index in [0.717, 1.165) is 49.2 Å². The van der Waals surface area contributed by atoms with E-state index < -0.39 is 5.72 Å². The Labute approximate surface area is 168 Å². The molecule has 2 aromatic carbocycles. The quantitative estimate of drug-likeness (QED) is 0.456. The molecule has 7 heteroatoms. The molecule has 2 aliphatic rings. The smallest absolute Gasteiger partial charge is 0.269 e. The molecule has 142 valence electrons. The fourth-order valence-electron chi connectivity index (χ4n) is 4.01. The summed E-state index contributed by atoms with van der Waals surface area (Å²) in [5.41, 5.74) is 1.83. The molecule has 2 aliphatic heterocycles. The van der Waals surface area contributed by atoms with E-state index in [1.54, 1.807) is 12.1 Å². The highest BCUT2D eigenvalue weighted by Gasteiger charge is 2.52. The van der Waals surface area contributed by atoms with E-state index in [9.17, 15) is 15.2 Å². The van der Waals surface area contributed by atoms with Gasteiger partial charge in [0.15, 0.2) is 6.54 Å². The van der Waals surface area contributed by atoms with Gasteiger partial charge in [0.05, 0.1) is 17.9 Å². The third kappa shape index (κ3) is 3.49. The number of rotatable bonds is 3. The van der Waals surface area contributed by atoms with Gasteiger partial charge in [-0.05, 0) is 25.0 Å². The van der Waals surface area contributed by atoms with Crippen molar-refractivity contribution in [3.8, 4) is 0 Å². The van der Waals surface area contributed by atoms with Gasteiger partial charge in [-0.3, -0.25) is 10.1 Å². The third-order valence-corrected chi connectivity index (χ3v) is 5.33. The first-order valence-corrected chi connectivity index (χ1v) is 9.03. The lowest BCUT2D eigenvalue weighted by Gasteiger charge is -2.30. The fourth-order valence-corrected chi connectivity index (χ4v) is 4.01. The van der Waals surface area contributed by atoms with Crippen LogP contribution in [0.15, 0.2) is 54.6 Å². The second kappa shape index (κ2) is 7.78. The van der Waals surface area contributed by atoms with Crippen molar-refractivity contribution in [2.75, 3.05) is 13.1 Å². The van der Waals surface area contributed by atoms with Crippen molar-refractivity contribution in [3.63, 3.8) is 0 Å². The van der Waals surface area contributed by atoms with Gasteiger partial charge < -0.3 is 5.11 Å². The molecule has 1 N–H and O–H groups in total. The Bertz CT molecular complexity index is 855.